The highest BCUT2D eigenvalue weighted by atomic mass is 32.2. The van der Waals surface area contributed by atoms with Crippen molar-refractivity contribution in [3.63, 3.8) is 0 Å². The van der Waals surface area contributed by atoms with Gasteiger partial charge < -0.3 is 10.2 Å². The zero-order chi connectivity index (χ0) is 26.9. The van der Waals surface area contributed by atoms with Crippen LogP contribution in [0, 0.1) is 29.3 Å². The zero-order valence-corrected chi connectivity index (χ0v) is 19.9. The fourth-order valence-corrected chi connectivity index (χ4v) is 4.69. The van der Waals surface area contributed by atoms with Gasteiger partial charge in [0.1, 0.15) is 29.5 Å². The minimum Gasteiger partial charge on any atom is -0.390 e. The van der Waals surface area contributed by atoms with Crippen molar-refractivity contribution >= 4 is 16.1 Å². The molecule has 4 atom stereocenters. The fraction of sp³-hybridized carbons (Fsp3) is 0.364. The van der Waals surface area contributed by atoms with Gasteiger partial charge in [0.05, 0.1) is 36.6 Å². The summed E-state index contributed by atoms with van der Waals surface area (Å²) < 4.78 is 68.9. The third-order valence-electron chi connectivity index (χ3n) is 6.16. The Bertz CT molecular complexity index is 1400. The van der Waals surface area contributed by atoms with E-state index in [1.165, 1.54) is 24.8 Å². The maximum absolute atomic E-state index is 14.0. The van der Waals surface area contributed by atoms with Gasteiger partial charge in [0.2, 0.25) is 5.78 Å². The Balaban J connectivity index is 1.50. The Labute approximate surface area is 209 Å². The summed E-state index contributed by atoms with van der Waals surface area (Å²) in [6, 6.07) is 2.41. The summed E-state index contributed by atoms with van der Waals surface area (Å²) in [5, 5.41) is 29.6. The summed E-state index contributed by atoms with van der Waals surface area (Å²) in [6.45, 7) is -0.812. The Kier molecular flexibility index (Phi) is 7.70. The van der Waals surface area contributed by atoms with Crippen molar-refractivity contribution in [2.24, 2.45) is 17.0 Å². The molecule has 0 bridgehead atoms. The number of carbonyl (C=O) groups excluding carboxylic acids is 1. The van der Waals surface area contributed by atoms with Crippen LogP contribution in [-0.2, 0) is 27.5 Å². The van der Waals surface area contributed by atoms with Gasteiger partial charge in [-0.1, -0.05) is 0 Å². The molecule has 1 aromatic carbocycles. The maximum atomic E-state index is 14.0. The Hall–Kier alpha value is -3.24. The van der Waals surface area contributed by atoms with Crippen LogP contribution in [-0.4, -0.2) is 63.0 Å². The quantitative estimate of drug-likeness (QED) is 0.326. The lowest BCUT2D eigenvalue weighted by molar-refractivity contribution is -0.00334. The molecule has 198 valence electrons. The molecule has 1 fully saturated rings. The predicted molar refractivity (Wildman–Crippen MR) is 119 cm³/mol. The number of rotatable bonds is 9. The summed E-state index contributed by atoms with van der Waals surface area (Å²) >= 11 is 0. The van der Waals surface area contributed by atoms with Gasteiger partial charge >= 0.3 is 10.3 Å². The third-order valence-corrected chi connectivity index (χ3v) is 6.63. The van der Waals surface area contributed by atoms with Crippen LogP contribution in [0.15, 0.2) is 36.9 Å². The number of benzene rings is 1. The second-order valence-electron chi connectivity index (χ2n) is 8.68. The Morgan fingerprint density at radius 2 is 1.84 bits per heavy atom. The van der Waals surface area contributed by atoms with Crippen molar-refractivity contribution in [2.75, 3.05) is 6.61 Å². The molecular weight excluding hydrogens is 519 g/mol. The number of nitrogens with zero attached hydrogens (tertiary/aromatic N) is 4. The molecule has 0 spiro atoms. The number of hydrogen-bond donors (Lipinski definition) is 3. The van der Waals surface area contributed by atoms with Crippen LogP contribution >= 0.6 is 0 Å². The molecule has 1 aliphatic rings. The van der Waals surface area contributed by atoms with Crippen molar-refractivity contribution in [3.05, 3.63) is 76.9 Å². The second kappa shape index (κ2) is 10.6. The normalized spacial score (nSPS) is 21.9. The van der Waals surface area contributed by atoms with Crippen LogP contribution in [0.4, 0.5) is 13.2 Å². The molecule has 0 unspecified atom stereocenters. The lowest BCUT2D eigenvalue weighted by Gasteiger charge is -2.17. The van der Waals surface area contributed by atoms with E-state index in [4.69, 9.17) is 5.14 Å². The van der Waals surface area contributed by atoms with E-state index in [2.05, 4.69) is 19.2 Å². The van der Waals surface area contributed by atoms with Crippen molar-refractivity contribution < 1.29 is 40.8 Å². The zero-order valence-electron chi connectivity index (χ0n) is 19.0. The van der Waals surface area contributed by atoms with E-state index in [1.54, 1.807) is 0 Å². The number of carbonyl (C=O) groups is 1. The van der Waals surface area contributed by atoms with Gasteiger partial charge in [0.25, 0.3) is 0 Å². The van der Waals surface area contributed by atoms with E-state index < -0.39 is 76.3 Å². The number of aliphatic hydroxyl groups excluding tert-OH is 2. The van der Waals surface area contributed by atoms with E-state index in [1.807, 2.05) is 0 Å². The predicted octanol–water partition coefficient (Wildman–Crippen LogP) is 0.490. The highest BCUT2D eigenvalue weighted by molar-refractivity contribution is 7.84. The highest BCUT2D eigenvalue weighted by Gasteiger charge is 2.42. The van der Waals surface area contributed by atoms with Crippen LogP contribution in [0.25, 0.3) is 0 Å². The molecule has 4 rings (SSSR count). The van der Waals surface area contributed by atoms with Gasteiger partial charge in [0, 0.05) is 36.0 Å². The van der Waals surface area contributed by atoms with E-state index >= 15 is 0 Å². The molecule has 2 aromatic heterocycles. The van der Waals surface area contributed by atoms with Gasteiger partial charge in [-0.3, -0.25) is 13.7 Å². The topological polar surface area (TPSA) is 171 Å². The smallest absolute Gasteiger partial charge is 0.333 e. The van der Waals surface area contributed by atoms with Gasteiger partial charge in [-0.15, -0.1) is 0 Å². The molecular formula is C22H22F3N5O6S. The first-order chi connectivity index (χ1) is 17.4. The maximum Gasteiger partial charge on any atom is 0.333 e. The average molecular weight is 542 g/mol. The molecule has 0 saturated heterocycles. The number of aliphatic hydroxyl groups is 2. The molecule has 1 saturated carbocycles. The SMILES string of the molecule is NS(=O)(=O)OC[C@H]1C[C@@H](Cc2ncncc2C(=O)c2ccn(Cc3c(F)cc(F)cc3F)n2)[C@H](O)[C@@H]1O. The largest absolute Gasteiger partial charge is 0.390 e. The van der Waals surface area contributed by atoms with Crippen molar-refractivity contribution in [2.45, 2.75) is 31.6 Å². The molecule has 4 N–H and O–H groups in total. The molecule has 11 nitrogen and oxygen atoms in total. The molecule has 0 aliphatic heterocycles. The second-order valence-corrected chi connectivity index (χ2v) is 9.90. The lowest BCUT2D eigenvalue weighted by Crippen LogP contribution is -2.31. The van der Waals surface area contributed by atoms with E-state index in [0.717, 1.165) is 4.68 Å². The van der Waals surface area contributed by atoms with Crippen molar-refractivity contribution in [1.82, 2.24) is 19.7 Å². The van der Waals surface area contributed by atoms with Gasteiger partial charge in [-0.25, -0.2) is 28.3 Å². The summed E-state index contributed by atoms with van der Waals surface area (Å²) in [6.07, 6.45) is 1.46. The van der Waals surface area contributed by atoms with Gasteiger partial charge in [0.15, 0.2) is 0 Å². The summed E-state index contributed by atoms with van der Waals surface area (Å²) in [5.41, 5.74) is -0.209. The minimum absolute atomic E-state index is 0.0421. The Morgan fingerprint density at radius 1 is 1.16 bits per heavy atom. The third kappa shape index (κ3) is 6.19. The van der Waals surface area contributed by atoms with Crippen molar-refractivity contribution in [3.8, 4) is 0 Å². The first kappa shape index (κ1) is 26.8. The van der Waals surface area contributed by atoms with Crippen LogP contribution < -0.4 is 5.14 Å². The minimum atomic E-state index is -4.23. The van der Waals surface area contributed by atoms with E-state index in [-0.39, 0.29) is 29.8 Å². The summed E-state index contributed by atoms with van der Waals surface area (Å²) in [4.78, 5) is 21.1. The van der Waals surface area contributed by atoms with Crippen LogP contribution in [0.2, 0.25) is 0 Å². The van der Waals surface area contributed by atoms with E-state index in [9.17, 15) is 36.6 Å². The molecule has 0 radical (unpaired) electrons. The fourth-order valence-electron chi connectivity index (χ4n) is 4.33. The molecule has 1 aliphatic carbocycles. The first-order valence-corrected chi connectivity index (χ1v) is 12.4. The first-order valence-electron chi connectivity index (χ1n) is 11.0. The van der Waals surface area contributed by atoms with Gasteiger partial charge in [-0.2, -0.15) is 13.5 Å². The molecule has 0 amide bonds. The average Bonchev–Trinajstić information content (AvgIpc) is 3.40. The molecule has 37 heavy (non-hydrogen) atoms. The molecule has 15 heteroatoms. The number of ketones is 1. The summed E-state index contributed by atoms with van der Waals surface area (Å²) in [5.74, 6) is -5.16. The lowest BCUT2D eigenvalue weighted by atomic mass is 9.95. The number of hydrogen-bond acceptors (Lipinski definition) is 9. The van der Waals surface area contributed by atoms with Crippen LogP contribution in [0.1, 0.15) is 33.7 Å². The van der Waals surface area contributed by atoms with Gasteiger partial charge in [-0.05, 0) is 24.8 Å². The number of aromatic nitrogens is 4. The Morgan fingerprint density at radius 3 is 2.51 bits per heavy atom. The standard InChI is InChI=1S/C22H22F3N5O6S/c23-13-5-16(24)15(17(25)6-13)8-30-2-1-18(29-30)22(33)14-7-27-10-28-19(14)4-11-3-12(21(32)20(11)31)9-36-37(26,34)35/h1-2,5-7,10-12,20-21,31-32H,3-4,8-9H2,(H2,26,34,35)/t11-,12+,20-,21+/m0/s1. The molecule has 3 aromatic rings. The number of halogens is 3. The highest BCUT2D eigenvalue weighted by Crippen LogP contribution is 2.35. The monoisotopic (exact) mass is 541 g/mol. The van der Waals surface area contributed by atoms with E-state index in [0.29, 0.717) is 12.1 Å². The van der Waals surface area contributed by atoms with Crippen LogP contribution in [0.5, 0.6) is 0 Å². The van der Waals surface area contributed by atoms with Crippen LogP contribution in [0.3, 0.4) is 0 Å². The van der Waals surface area contributed by atoms with Crippen molar-refractivity contribution in [1.29, 1.82) is 0 Å². The molecule has 2 heterocycles. The summed E-state index contributed by atoms with van der Waals surface area (Å²) in [7, 11) is -4.23. The number of nitrogens with two attached hydrogens (primary N) is 1.